The fraction of sp³-hybridized carbons (Fsp3) is 0.167. The van der Waals surface area contributed by atoms with Crippen molar-refractivity contribution in [2.75, 3.05) is 18.6 Å². The molecule has 0 bridgehead atoms. The van der Waals surface area contributed by atoms with E-state index in [1.807, 2.05) is 6.92 Å². The van der Waals surface area contributed by atoms with Crippen LogP contribution in [0.1, 0.15) is 24.3 Å². The molecule has 2 aromatic carbocycles. The van der Waals surface area contributed by atoms with E-state index in [4.69, 9.17) is 25.5 Å². The number of aliphatic hydroxyl groups is 1. The summed E-state index contributed by atoms with van der Waals surface area (Å²) in [5.74, 6) is -0.570. The van der Waals surface area contributed by atoms with Crippen LogP contribution in [0.25, 0.3) is 5.76 Å². The van der Waals surface area contributed by atoms with Crippen molar-refractivity contribution in [2.45, 2.75) is 13.0 Å². The summed E-state index contributed by atoms with van der Waals surface area (Å²) in [4.78, 5) is 27.4. The molecule has 1 N–H and O–H groups in total. The van der Waals surface area contributed by atoms with Gasteiger partial charge in [-0.1, -0.05) is 11.6 Å². The number of amides is 1. The zero-order valence-electron chi connectivity index (χ0n) is 17.4. The van der Waals surface area contributed by atoms with Crippen LogP contribution in [0.4, 0.5) is 5.69 Å². The molecule has 1 aliphatic heterocycles. The lowest BCUT2D eigenvalue weighted by Gasteiger charge is -2.23. The molecule has 0 radical (unpaired) electrons. The predicted molar refractivity (Wildman–Crippen MR) is 119 cm³/mol. The molecule has 7 nitrogen and oxygen atoms in total. The molecule has 8 heteroatoms. The van der Waals surface area contributed by atoms with Crippen LogP contribution in [0, 0.1) is 0 Å². The lowest BCUT2D eigenvalue weighted by molar-refractivity contribution is -0.132. The minimum absolute atomic E-state index is 0.0824. The zero-order valence-corrected chi connectivity index (χ0v) is 18.1. The summed E-state index contributed by atoms with van der Waals surface area (Å²) >= 11 is 6.26. The van der Waals surface area contributed by atoms with Crippen LogP contribution < -0.4 is 14.4 Å². The standard InChI is InChI=1S/C24H20ClNO6/c1-3-31-16-9-6-14(7-10-16)22(27)20-21(19-5-4-12-32-19)26(24(29)23(20)28)15-8-11-18(30-2)17(25)13-15/h4-13,21,27H,3H2,1-2H3/b22-20-. The number of carbonyl (C=O) groups is 2. The minimum atomic E-state index is -0.971. The van der Waals surface area contributed by atoms with E-state index in [0.29, 0.717) is 35.1 Å². The van der Waals surface area contributed by atoms with Crippen LogP contribution in [0.5, 0.6) is 11.5 Å². The number of hydrogen-bond donors (Lipinski definition) is 1. The van der Waals surface area contributed by atoms with Crippen molar-refractivity contribution < 1.29 is 28.6 Å². The number of hydrogen-bond acceptors (Lipinski definition) is 6. The van der Waals surface area contributed by atoms with Crippen molar-refractivity contribution in [3.8, 4) is 11.5 Å². The van der Waals surface area contributed by atoms with Crippen LogP contribution in [0.3, 0.4) is 0 Å². The first-order valence-electron chi connectivity index (χ1n) is 9.87. The molecule has 1 aliphatic rings. The molecule has 1 unspecified atom stereocenters. The fourth-order valence-corrected chi connectivity index (χ4v) is 3.90. The summed E-state index contributed by atoms with van der Waals surface area (Å²) in [6.07, 6.45) is 1.44. The van der Waals surface area contributed by atoms with Crippen molar-refractivity contribution in [1.82, 2.24) is 0 Å². The summed E-state index contributed by atoms with van der Waals surface area (Å²) in [7, 11) is 1.48. The van der Waals surface area contributed by atoms with Crippen LogP contribution >= 0.6 is 11.6 Å². The number of nitrogens with zero attached hydrogens (tertiary/aromatic N) is 1. The summed E-state index contributed by atoms with van der Waals surface area (Å²) in [6, 6.07) is 13.7. The van der Waals surface area contributed by atoms with Gasteiger partial charge in [0.05, 0.1) is 30.6 Å². The summed E-state index contributed by atoms with van der Waals surface area (Å²) < 4.78 is 16.1. The van der Waals surface area contributed by atoms with E-state index in [-0.39, 0.29) is 16.4 Å². The maximum atomic E-state index is 13.1. The molecule has 0 aliphatic carbocycles. The Morgan fingerprint density at radius 2 is 1.91 bits per heavy atom. The molecule has 2 heterocycles. The highest BCUT2D eigenvalue weighted by Gasteiger charge is 2.48. The molecule has 0 spiro atoms. The van der Waals surface area contributed by atoms with Gasteiger partial charge in [0.1, 0.15) is 29.1 Å². The molecule has 0 saturated carbocycles. The summed E-state index contributed by atoms with van der Waals surface area (Å²) in [5, 5.41) is 11.3. The smallest absolute Gasteiger partial charge is 0.300 e. The average molecular weight is 454 g/mol. The van der Waals surface area contributed by atoms with E-state index >= 15 is 0 Å². The zero-order chi connectivity index (χ0) is 22.8. The van der Waals surface area contributed by atoms with Crippen molar-refractivity contribution in [1.29, 1.82) is 0 Å². The monoisotopic (exact) mass is 453 g/mol. The number of furan rings is 1. The Morgan fingerprint density at radius 3 is 2.50 bits per heavy atom. The molecule has 4 rings (SSSR count). The molecular formula is C24H20ClNO6. The number of halogens is 1. The number of methoxy groups -OCH3 is 1. The lowest BCUT2D eigenvalue weighted by Crippen LogP contribution is -2.29. The van der Waals surface area contributed by atoms with Crippen molar-refractivity contribution in [3.63, 3.8) is 0 Å². The SMILES string of the molecule is CCOc1ccc(/C(O)=C2/C(=O)C(=O)N(c3ccc(OC)c(Cl)c3)C2c2ccco2)cc1. The number of aliphatic hydroxyl groups excluding tert-OH is 1. The molecule has 1 atom stereocenters. The first-order chi connectivity index (χ1) is 15.5. The average Bonchev–Trinajstić information content (AvgIpc) is 3.41. The predicted octanol–water partition coefficient (Wildman–Crippen LogP) is 4.97. The Bertz CT molecular complexity index is 1180. The molecule has 1 saturated heterocycles. The molecule has 32 heavy (non-hydrogen) atoms. The first kappa shape index (κ1) is 21.5. The Hall–Kier alpha value is -3.71. The van der Waals surface area contributed by atoms with Crippen LogP contribution in [0.2, 0.25) is 5.02 Å². The van der Waals surface area contributed by atoms with E-state index < -0.39 is 17.7 Å². The summed E-state index contributed by atoms with van der Waals surface area (Å²) in [6.45, 7) is 2.36. The van der Waals surface area contributed by atoms with Crippen molar-refractivity contribution >= 4 is 34.7 Å². The van der Waals surface area contributed by atoms with Crippen LogP contribution in [-0.4, -0.2) is 30.5 Å². The Kier molecular flexibility index (Phi) is 5.92. The van der Waals surface area contributed by atoms with Crippen LogP contribution in [0.15, 0.2) is 70.9 Å². The van der Waals surface area contributed by atoms with Gasteiger partial charge in [-0.15, -0.1) is 0 Å². The number of Topliss-reactive ketones (excluding diaryl/α,β-unsaturated/α-hetero) is 1. The molecule has 164 valence electrons. The Labute approximate surface area is 189 Å². The van der Waals surface area contributed by atoms with Gasteiger partial charge in [-0.3, -0.25) is 14.5 Å². The minimum Gasteiger partial charge on any atom is -0.507 e. The van der Waals surface area contributed by atoms with Gasteiger partial charge < -0.3 is 19.0 Å². The van der Waals surface area contributed by atoms with Crippen molar-refractivity contribution in [2.24, 2.45) is 0 Å². The highest BCUT2D eigenvalue weighted by molar-refractivity contribution is 6.51. The van der Waals surface area contributed by atoms with E-state index in [9.17, 15) is 14.7 Å². The van der Waals surface area contributed by atoms with E-state index in [1.165, 1.54) is 24.3 Å². The third-order valence-corrected chi connectivity index (χ3v) is 5.40. The third kappa shape index (κ3) is 3.71. The second-order valence-electron chi connectivity index (χ2n) is 6.96. The van der Waals surface area contributed by atoms with Gasteiger partial charge in [-0.2, -0.15) is 0 Å². The lowest BCUT2D eigenvalue weighted by atomic mass is 9.99. The highest BCUT2D eigenvalue weighted by Crippen LogP contribution is 2.43. The maximum Gasteiger partial charge on any atom is 0.300 e. The number of anilines is 1. The second kappa shape index (κ2) is 8.80. The van der Waals surface area contributed by atoms with Gasteiger partial charge in [0.15, 0.2) is 0 Å². The van der Waals surface area contributed by atoms with Crippen LogP contribution in [-0.2, 0) is 9.59 Å². The van der Waals surface area contributed by atoms with E-state index in [1.54, 1.807) is 48.5 Å². The summed E-state index contributed by atoms with van der Waals surface area (Å²) in [5.41, 5.74) is 0.655. The van der Waals surface area contributed by atoms with E-state index in [0.717, 1.165) is 0 Å². The fourth-order valence-electron chi connectivity index (χ4n) is 3.65. The number of ketones is 1. The van der Waals surface area contributed by atoms with E-state index in [2.05, 4.69) is 0 Å². The normalized spacial score (nSPS) is 17.6. The number of carbonyl (C=O) groups excluding carboxylic acids is 2. The Balaban J connectivity index is 1.85. The third-order valence-electron chi connectivity index (χ3n) is 5.11. The van der Waals surface area contributed by atoms with Gasteiger partial charge in [-0.25, -0.2) is 0 Å². The quantitative estimate of drug-likeness (QED) is 0.322. The maximum absolute atomic E-state index is 13.1. The number of ether oxygens (including phenoxy) is 2. The van der Waals surface area contributed by atoms with Gasteiger partial charge in [0.25, 0.3) is 11.7 Å². The molecule has 1 aromatic heterocycles. The molecule has 3 aromatic rings. The van der Waals surface area contributed by atoms with Gasteiger partial charge in [0, 0.05) is 11.3 Å². The first-order valence-corrected chi connectivity index (χ1v) is 10.2. The van der Waals surface area contributed by atoms with Gasteiger partial charge in [-0.05, 0) is 61.5 Å². The molecule has 1 amide bonds. The largest absolute Gasteiger partial charge is 0.507 e. The highest BCUT2D eigenvalue weighted by atomic mass is 35.5. The van der Waals surface area contributed by atoms with Crippen molar-refractivity contribution in [3.05, 3.63) is 82.8 Å². The Morgan fingerprint density at radius 1 is 1.16 bits per heavy atom. The number of benzene rings is 2. The number of rotatable bonds is 6. The van der Waals surface area contributed by atoms with Gasteiger partial charge >= 0.3 is 0 Å². The topological polar surface area (TPSA) is 89.2 Å². The van der Waals surface area contributed by atoms with Gasteiger partial charge in [0.2, 0.25) is 0 Å². The molecular weight excluding hydrogens is 434 g/mol. The molecule has 1 fully saturated rings. The second-order valence-corrected chi connectivity index (χ2v) is 7.37.